The van der Waals surface area contributed by atoms with Crippen LogP contribution in [-0.4, -0.2) is 48.1 Å². The normalized spacial score (nSPS) is 22.0. The molecule has 5 rings (SSSR count). The van der Waals surface area contributed by atoms with Crippen molar-refractivity contribution in [3.63, 3.8) is 0 Å². The summed E-state index contributed by atoms with van der Waals surface area (Å²) >= 11 is 13.0. The van der Waals surface area contributed by atoms with Crippen LogP contribution in [-0.2, 0) is 0 Å². The Morgan fingerprint density at radius 1 is 1.16 bits per heavy atom. The Kier molecular flexibility index (Phi) is 5.53. The summed E-state index contributed by atoms with van der Waals surface area (Å²) in [6, 6.07) is 11.9. The van der Waals surface area contributed by atoms with Gasteiger partial charge in [-0.25, -0.2) is 5.01 Å². The molecule has 5 nitrogen and oxygen atoms in total. The molecule has 31 heavy (non-hydrogen) atoms. The van der Waals surface area contributed by atoms with Gasteiger partial charge in [0.05, 0.1) is 23.9 Å². The summed E-state index contributed by atoms with van der Waals surface area (Å²) in [4.78, 5) is 2.51. The van der Waals surface area contributed by atoms with Gasteiger partial charge in [-0.2, -0.15) is 5.10 Å². The van der Waals surface area contributed by atoms with Gasteiger partial charge < -0.3 is 14.4 Å². The zero-order valence-corrected chi connectivity index (χ0v) is 19.4. The monoisotopic (exact) mass is 459 g/mol. The van der Waals surface area contributed by atoms with Gasteiger partial charge in [0.1, 0.15) is 11.5 Å². The van der Waals surface area contributed by atoms with Crippen molar-refractivity contribution in [2.75, 3.05) is 26.7 Å². The highest BCUT2D eigenvalue weighted by atomic mass is 35.5. The molecule has 0 saturated carbocycles. The molecular weight excluding hydrogens is 433 g/mol. The van der Waals surface area contributed by atoms with E-state index in [1.54, 1.807) is 13.2 Å². The minimum absolute atomic E-state index is 0.0646. The second-order valence-electron chi connectivity index (χ2n) is 8.54. The van der Waals surface area contributed by atoms with E-state index in [1.165, 1.54) is 0 Å². The van der Waals surface area contributed by atoms with Crippen LogP contribution in [0.3, 0.4) is 0 Å². The summed E-state index contributed by atoms with van der Waals surface area (Å²) < 4.78 is 12.0. The topological polar surface area (TPSA) is 37.3 Å². The third kappa shape index (κ3) is 3.67. The summed E-state index contributed by atoms with van der Waals surface area (Å²) in [7, 11) is 1.68. The van der Waals surface area contributed by atoms with E-state index >= 15 is 0 Å². The maximum Gasteiger partial charge on any atom is 0.200 e. The highest BCUT2D eigenvalue weighted by Crippen LogP contribution is 2.52. The molecule has 3 aliphatic rings. The first-order chi connectivity index (χ1) is 15.0. The van der Waals surface area contributed by atoms with E-state index in [9.17, 15) is 0 Å². The molecule has 0 bridgehead atoms. The Morgan fingerprint density at radius 3 is 2.58 bits per heavy atom. The first kappa shape index (κ1) is 20.9. The lowest BCUT2D eigenvalue weighted by atomic mass is 9.90. The van der Waals surface area contributed by atoms with Crippen molar-refractivity contribution in [3.05, 3.63) is 57.6 Å². The lowest BCUT2D eigenvalue weighted by molar-refractivity contribution is -0.149. The predicted octanol–water partition coefficient (Wildman–Crippen LogP) is 5.75. The van der Waals surface area contributed by atoms with E-state index < -0.39 is 5.72 Å². The molecule has 1 spiro atoms. The van der Waals surface area contributed by atoms with Crippen LogP contribution in [0, 0.1) is 0 Å². The lowest BCUT2D eigenvalue weighted by Gasteiger charge is -2.51. The SMILES string of the molecule is CCCN1CCC2(CC1)Oc1c(Cl)cc(Cl)cc1[C@H]1CC(c3ccc(OC)cc3)=NN12. The number of methoxy groups -OCH3 is 1. The molecule has 0 unspecified atom stereocenters. The second-order valence-corrected chi connectivity index (χ2v) is 9.38. The first-order valence-corrected chi connectivity index (χ1v) is 11.7. The standard InChI is InChI=1S/C24H27Cl2N3O2/c1-3-10-28-11-8-24(9-12-28)29-22(19-13-17(25)14-20(26)23(19)31-24)15-21(27-29)16-4-6-18(30-2)7-5-16/h4-7,13-14,22H,3,8-12,15H2,1-2H3/t22-/m1/s1. The number of ether oxygens (including phenoxy) is 2. The fraction of sp³-hybridized carbons (Fsp3) is 0.458. The Bertz CT molecular complexity index is 1000. The van der Waals surface area contributed by atoms with E-state index in [-0.39, 0.29) is 6.04 Å². The molecule has 0 N–H and O–H groups in total. The van der Waals surface area contributed by atoms with Crippen molar-refractivity contribution in [1.82, 2.24) is 9.91 Å². The largest absolute Gasteiger partial charge is 0.497 e. The van der Waals surface area contributed by atoms with Crippen LogP contribution in [0.1, 0.15) is 49.8 Å². The third-order valence-electron chi connectivity index (χ3n) is 6.62. The highest BCUT2D eigenvalue weighted by molar-refractivity contribution is 6.35. The van der Waals surface area contributed by atoms with Gasteiger partial charge in [0.25, 0.3) is 0 Å². The van der Waals surface area contributed by atoms with Gasteiger partial charge in [-0.1, -0.05) is 30.1 Å². The third-order valence-corrected chi connectivity index (χ3v) is 7.12. The summed E-state index contributed by atoms with van der Waals surface area (Å²) in [6.45, 7) is 5.33. The molecule has 0 aromatic heterocycles. The van der Waals surface area contributed by atoms with Gasteiger partial charge >= 0.3 is 0 Å². The number of hydrogen-bond acceptors (Lipinski definition) is 5. The lowest BCUT2D eigenvalue weighted by Crippen LogP contribution is -2.59. The molecular formula is C24H27Cl2N3O2. The fourth-order valence-electron chi connectivity index (χ4n) is 5.03. The number of likely N-dealkylation sites (tertiary alicyclic amines) is 1. The van der Waals surface area contributed by atoms with E-state index in [2.05, 4.69) is 29.0 Å². The molecule has 0 amide bonds. The molecule has 3 aliphatic heterocycles. The number of nitrogens with zero attached hydrogens (tertiary/aromatic N) is 3. The molecule has 1 atom stereocenters. The Labute approximate surface area is 193 Å². The van der Waals surface area contributed by atoms with Crippen molar-refractivity contribution in [2.45, 2.75) is 44.4 Å². The maximum atomic E-state index is 6.69. The zero-order valence-electron chi connectivity index (χ0n) is 17.9. The van der Waals surface area contributed by atoms with Crippen molar-refractivity contribution in [1.29, 1.82) is 0 Å². The van der Waals surface area contributed by atoms with Gasteiger partial charge in [-0.15, -0.1) is 0 Å². The van der Waals surface area contributed by atoms with Crippen molar-refractivity contribution < 1.29 is 9.47 Å². The zero-order chi connectivity index (χ0) is 21.6. The number of hydrogen-bond donors (Lipinski definition) is 0. The van der Waals surface area contributed by atoms with Crippen LogP contribution in [0.15, 0.2) is 41.5 Å². The minimum atomic E-state index is -0.479. The van der Waals surface area contributed by atoms with E-state index in [1.807, 2.05) is 18.2 Å². The summed E-state index contributed by atoms with van der Waals surface area (Å²) in [5.74, 6) is 1.61. The quantitative estimate of drug-likeness (QED) is 0.583. The second kappa shape index (κ2) is 8.19. The predicted molar refractivity (Wildman–Crippen MR) is 125 cm³/mol. The highest BCUT2D eigenvalue weighted by Gasteiger charge is 2.52. The Hall–Kier alpha value is -1.95. The van der Waals surface area contributed by atoms with Gasteiger partial charge in [0.15, 0.2) is 0 Å². The number of benzene rings is 2. The van der Waals surface area contributed by atoms with Gasteiger partial charge in [0.2, 0.25) is 5.72 Å². The molecule has 1 saturated heterocycles. The number of hydrazone groups is 1. The number of rotatable bonds is 4. The van der Waals surface area contributed by atoms with E-state index in [0.29, 0.717) is 10.0 Å². The molecule has 2 aromatic rings. The van der Waals surface area contributed by atoms with Crippen LogP contribution >= 0.6 is 23.2 Å². The van der Waals surface area contributed by atoms with Crippen LogP contribution < -0.4 is 9.47 Å². The molecule has 7 heteroatoms. The van der Waals surface area contributed by atoms with Gasteiger partial charge in [-0.05, 0) is 54.9 Å². The van der Waals surface area contributed by atoms with E-state index in [4.69, 9.17) is 37.8 Å². The molecule has 0 aliphatic carbocycles. The maximum absolute atomic E-state index is 6.69. The summed E-state index contributed by atoms with van der Waals surface area (Å²) in [5, 5.41) is 8.52. The van der Waals surface area contributed by atoms with Crippen LogP contribution in [0.25, 0.3) is 0 Å². The fourth-order valence-corrected chi connectivity index (χ4v) is 5.58. The Balaban J connectivity index is 1.54. The van der Waals surface area contributed by atoms with Gasteiger partial charge in [-0.3, -0.25) is 0 Å². The molecule has 164 valence electrons. The van der Waals surface area contributed by atoms with Crippen molar-refractivity contribution in [3.8, 4) is 11.5 Å². The number of halogens is 2. The summed E-state index contributed by atoms with van der Waals surface area (Å²) in [6.07, 6.45) is 3.73. The average Bonchev–Trinajstić information content (AvgIpc) is 3.24. The summed E-state index contributed by atoms with van der Waals surface area (Å²) in [5.41, 5.74) is 2.69. The average molecular weight is 460 g/mol. The van der Waals surface area contributed by atoms with Crippen LogP contribution in [0.2, 0.25) is 10.0 Å². The first-order valence-electron chi connectivity index (χ1n) is 10.9. The van der Waals surface area contributed by atoms with Crippen LogP contribution in [0.5, 0.6) is 11.5 Å². The van der Waals surface area contributed by atoms with Crippen LogP contribution in [0.4, 0.5) is 0 Å². The molecule has 1 fully saturated rings. The molecule has 0 radical (unpaired) electrons. The Morgan fingerprint density at radius 2 is 1.90 bits per heavy atom. The smallest absolute Gasteiger partial charge is 0.200 e. The van der Waals surface area contributed by atoms with Crippen molar-refractivity contribution >= 4 is 28.9 Å². The minimum Gasteiger partial charge on any atom is -0.497 e. The molecule has 2 aromatic carbocycles. The number of piperidine rings is 1. The molecule has 3 heterocycles. The van der Waals surface area contributed by atoms with E-state index in [0.717, 1.165) is 73.7 Å². The number of fused-ring (bicyclic) bond motifs is 4. The van der Waals surface area contributed by atoms with Crippen molar-refractivity contribution in [2.24, 2.45) is 5.10 Å². The van der Waals surface area contributed by atoms with Gasteiger partial charge in [0, 0.05) is 42.9 Å².